The Bertz CT molecular complexity index is 1400. The number of hydrogen-bond donors (Lipinski definition) is 1. The zero-order chi connectivity index (χ0) is 28.6. The summed E-state index contributed by atoms with van der Waals surface area (Å²) in [6, 6.07) is 19.9. The molecule has 3 aromatic carbocycles. The topological polar surface area (TPSA) is 86.8 Å². The van der Waals surface area contributed by atoms with Gasteiger partial charge in [-0.15, -0.1) is 0 Å². The Labute approximate surface area is 244 Å². The van der Waals surface area contributed by atoms with E-state index in [0.29, 0.717) is 23.6 Å². The van der Waals surface area contributed by atoms with E-state index in [1.807, 2.05) is 37.3 Å². The number of benzene rings is 3. The van der Waals surface area contributed by atoms with Crippen molar-refractivity contribution in [3.8, 4) is 0 Å². The largest absolute Gasteiger partial charge is 0.354 e. The summed E-state index contributed by atoms with van der Waals surface area (Å²) in [6.45, 7) is 1.73. The maximum absolute atomic E-state index is 14.0. The van der Waals surface area contributed by atoms with Crippen molar-refractivity contribution in [3.63, 3.8) is 0 Å². The molecule has 0 aliphatic rings. The number of rotatable bonds is 12. The van der Waals surface area contributed by atoms with Gasteiger partial charge in [-0.05, 0) is 35.7 Å². The number of amides is 2. The molecular formula is C28H30Cl3N3O4S. The standard InChI is InChI=1S/C28H30Cl3N3O4S/c1-3-16-32-28(36)25(17-20-10-5-4-6-11-20)33(18-21-12-7-8-13-22(21)29)26(35)19-34(39(2,37)38)24-15-9-14-23(30)27(24)31/h4-15,25H,3,16-19H2,1-2H3,(H,32,36)/t25-/m0/s1. The minimum atomic E-state index is -3.97. The van der Waals surface area contributed by atoms with Gasteiger partial charge in [0.15, 0.2) is 0 Å². The molecule has 0 spiro atoms. The minimum absolute atomic E-state index is 0.00318. The van der Waals surface area contributed by atoms with Crippen molar-refractivity contribution < 1.29 is 18.0 Å². The molecule has 0 unspecified atom stereocenters. The molecule has 0 heterocycles. The van der Waals surface area contributed by atoms with Crippen molar-refractivity contribution in [1.82, 2.24) is 10.2 Å². The van der Waals surface area contributed by atoms with E-state index in [1.54, 1.807) is 30.3 Å². The van der Waals surface area contributed by atoms with Crippen molar-refractivity contribution in [2.45, 2.75) is 32.4 Å². The predicted octanol–water partition coefficient (Wildman–Crippen LogP) is 5.58. The van der Waals surface area contributed by atoms with Crippen LogP contribution in [0.5, 0.6) is 0 Å². The van der Waals surface area contributed by atoms with Gasteiger partial charge in [-0.3, -0.25) is 13.9 Å². The van der Waals surface area contributed by atoms with Crippen LogP contribution in [0.4, 0.5) is 5.69 Å². The summed E-state index contributed by atoms with van der Waals surface area (Å²) < 4.78 is 26.6. The number of halogens is 3. The Morgan fingerprint density at radius 2 is 1.54 bits per heavy atom. The van der Waals surface area contributed by atoms with Crippen LogP contribution < -0.4 is 9.62 Å². The smallest absolute Gasteiger partial charge is 0.244 e. The number of sulfonamides is 1. The van der Waals surface area contributed by atoms with E-state index in [-0.39, 0.29) is 34.6 Å². The van der Waals surface area contributed by atoms with Crippen LogP contribution in [-0.2, 0) is 32.6 Å². The third kappa shape index (κ3) is 8.35. The lowest BCUT2D eigenvalue weighted by atomic mass is 10.0. The first kappa shape index (κ1) is 30.8. The molecular weight excluding hydrogens is 581 g/mol. The number of hydrogen-bond acceptors (Lipinski definition) is 4. The van der Waals surface area contributed by atoms with Gasteiger partial charge in [0.1, 0.15) is 12.6 Å². The fraction of sp³-hybridized carbons (Fsp3) is 0.286. The van der Waals surface area contributed by atoms with E-state index in [0.717, 1.165) is 16.1 Å². The molecule has 0 aromatic heterocycles. The summed E-state index contributed by atoms with van der Waals surface area (Å²) >= 11 is 18.9. The molecule has 0 saturated heterocycles. The van der Waals surface area contributed by atoms with Gasteiger partial charge in [0, 0.05) is 24.5 Å². The SMILES string of the molecule is CCCNC(=O)[C@H](Cc1ccccc1)N(Cc1ccccc1Cl)C(=O)CN(c1cccc(Cl)c1Cl)S(C)(=O)=O. The Morgan fingerprint density at radius 1 is 0.897 bits per heavy atom. The number of anilines is 1. The second kappa shape index (κ2) is 14.0. The lowest BCUT2D eigenvalue weighted by molar-refractivity contribution is -0.140. The molecule has 2 amide bonds. The van der Waals surface area contributed by atoms with E-state index in [1.165, 1.54) is 17.0 Å². The molecule has 3 aromatic rings. The average molecular weight is 611 g/mol. The first-order chi connectivity index (χ1) is 18.5. The number of carbonyl (C=O) groups excluding carboxylic acids is 2. The quantitative estimate of drug-likeness (QED) is 0.290. The van der Waals surface area contributed by atoms with Gasteiger partial charge < -0.3 is 10.2 Å². The average Bonchev–Trinajstić information content (AvgIpc) is 2.90. The van der Waals surface area contributed by atoms with Crippen LogP contribution in [0.2, 0.25) is 15.1 Å². The lowest BCUT2D eigenvalue weighted by Gasteiger charge is -2.34. The van der Waals surface area contributed by atoms with Gasteiger partial charge >= 0.3 is 0 Å². The molecule has 1 atom stereocenters. The maximum atomic E-state index is 14.0. The second-order valence-corrected chi connectivity index (χ2v) is 12.1. The highest BCUT2D eigenvalue weighted by Crippen LogP contribution is 2.34. The molecule has 0 radical (unpaired) electrons. The molecule has 0 aliphatic carbocycles. The predicted molar refractivity (Wildman–Crippen MR) is 158 cm³/mol. The molecule has 0 bridgehead atoms. The van der Waals surface area contributed by atoms with Crippen LogP contribution >= 0.6 is 34.8 Å². The van der Waals surface area contributed by atoms with Gasteiger partial charge in [-0.2, -0.15) is 0 Å². The minimum Gasteiger partial charge on any atom is -0.354 e. The third-order valence-electron chi connectivity index (χ3n) is 6.00. The van der Waals surface area contributed by atoms with Crippen molar-refractivity contribution in [2.75, 3.05) is 23.7 Å². The fourth-order valence-corrected chi connectivity index (χ4v) is 5.51. The van der Waals surface area contributed by atoms with Crippen LogP contribution in [0.1, 0.15) is 24.5 Å². The van der Waals surface area contributed by atoms with Crippen LogP contribution in [0.15, 0.2) is 72.8 Å². The Morgan fingerprint density at radius 3 is 2.18 bits per heavy atom. The first-order valence-corrected chi connectivity index (χ1v) is 15.3. The number of nitrogens with one attached hydrogen (secondary N) is 1. The Hall–Kier alpha value is -2.78. The Balaban J connectivity index is 2.08. The first-order valence-electron chi connectivity index (χ1n) is 12.3. The van der Waals surface area contributed by atoms with E-state index < -0.39 is 28.5 Å². The van der Waals surface area contributed by atoms with Crippen molar-refractivity contribution in [1.29, 1.82) is 0 Å². The van der Waals surface area contributed by atoms with E-state index in [2.05, 4.69) is 5.32 Å². The maximum Gasteiger partial charge on any atom is 0.244 e. The van der Waals surface area contributed by atoms with Crippen LogP contribution in [0.25, 0.3) is 0 Å². The molecule has 1 N–H and O–H groups in total. The van der Waals surface area contributed by atoms with Crippen molar-refractivity contribution in [2.24, 2.45) is 0 Å². The van der Waals surface area contributed by atoms with Crippen molar-refractivity contribution >= 4 is 62.3 Å². The van der Waals surface area contributed by atoms with Gasteiger partial charge in [0.2, 0.25) is 21.8 Å². The van der Waals surface area contributed by atoms with Gasteiger partial charge in [0.25, 0.3) is 0 Å². The van der Waals surface area contributed by atoms with Crippen LogP contribution in [-0.4, -0.2) is 50.5 Å². The van der Waals surface area contributed by atoms with E-state index in [9.17, 15) is 18.0 Å². The third-order valence-corrected chi connectivity index (χ3v) is 8.30. The summed E-state index contributed by atoms with van der Waals surface area (Å²) in [5, 5.41) is 3.44. The Kier molecular flexibility index (Phi) is 11.1. The normalized spacial score (nSPS) is 12.0. The molecule has 208 valence electrons. The highest BCUT2D eigenvalue weighted by Gasteiger charge is 2.33. The molecule has 0 saturated carbocycles. The molecule has 11 heteroatoms. The number of carbonyl (C=O) groups is 2. The lowest BCUT2D eigenvalue weighted by Crippen LogP contribution is -2.53. The second-order valence-electron chi connectivity index (χ2n) is 8.95. The number of nitrogens with zero attached hydrogens (tertiary/aromatic N) is 2. The summed E-state index contributed by atoms with van der Waals surface area (Å²) in [4.78, 5) is 28.9. The van der Waals surface area contributed by atoms with E-state index in [4.69, 9.17) is 34.8 Å². The van der Waals surface area contributed by atoms with Crippen molar-refractivity contribution in [3.05, 3.63) is 99.0 Å². The zero-order valence-electron chi connectivity index (χ0n) is 21.6. The molecule has 3 rings (SSSR count). The summed E-state index contributed by atoms with van der Waals surface area (Å²) in [7, 11) is -3.97. The molecule has 0 aliphatic heterocycles. The highest BCUT2D eigenvalue weighted by molar-refractivity contribution is 7.92. The molecule has 0 fully saturated rings. The summed E-state index contributed by atoms with van der Waals surface area (Å²) in [6.07, 6.45) is 1.89. The van der Waals surface area contributed by atoms with Crippen LogP contribution in [0.3, 0.4) is 0 Å². The summed E-state index contributed by atoms with van der Waals surface area (Å²) in [5.41, 5.74) is 1.51. The molecule has 39 heavy (non-hydrogen) atoms. The monoisotopic (exact) mass is 609 g/mol. The fourth-order valence-electron chi connectivity index (χ4n) is 4.01. The van der Waals surface area contributed by atoms with Gasteiger partial charge in [-0.1, -0.05) is 96.3 Å². The van der Waals surface area contributed by atoms with Crippen LogP contribution in [0, 0.1) is 0 Å². The summed E-state index contributed by atoms with van der Waals surface area (Å²) in [5.74, 6) is -0.961. The van der Waals surface area contributed by atoms with Gasteiger partial charge in [-0.25, -0.2) is 8.42 Å². The molecule has 7 nitrogen and oxygen atoms in total. The van der Waals surface area contributed by atoms with E-state index >= 15 is 0 Å². The van der Waals surface area contributed by atoms with Gasteiger partial charge in [0.05, 0.1) is 22.0 Å². The zero-order valence-corrected chi connectivity index (χ0v) is 24.7. The highest BCUT2D eigenvalue weighted by atomic mass is 35.5.